The molecule has 82 valence electrons. The summed E-state index contributed by atoms with van der Waals surface area (Å²) in [7, 11) is 0. The van der Waals surface area contributed by atoms with Gasteiger partial charge in [-0.3, -0.25) is 4.79 Å². The topological polar surface area (TPSA) is 85.6 Å². The van der Waals surface area contributed by atoms with Gasteiger partial charge in [0.15, 0.2) is 0 Å². The Kier molecular flexibility index (Phi) is 3.06. The second kappa shape index (κ2) is 4.67. The van der Waals surface area contributed by atoms with Gasteiger partial charge in [0.25, 0.3) is 0 Å². The number of hydrogen-bond acceptors (Lipinski definition) is 5. The van der Waals surface area contributed by atoms with Crippen LogP contribution in [0.2, 0.25) is 5.15 Å². The fourth-order valence-corrected chi connectivity index (χ4v) is 1.19. The molecule has 8 heteroatoms. The lowest BCUT2D eigenvalue weighted by Crippen LogP contribution is -2.19. The van der Waals surface area contributed by atoms with Crippen molar-refractivity contribution in [2.75, 3.05) is 5.32 Å². The predicted molar refractivity (Wildman–Crippen MR) is 55.7 cm³/mol. The largest absolute Gasteiger partial charge is 0.309 e. The van der Waals surface area contributed by atoms with Gasteiger partial charge in [-0.25, -0.2) is 19.6 Å². The summed E-state index contributed by atoms with van der Waals surface area (Å²) in [6, 6.07) is 1.46. The number of anilines is 1. The Morgan fingerprint density at radius 1 is 1.44 bits per heavy atom. The van der Waals surface area contributed by atoms with E-state index in [1.807, 2.05) is 0 Å². The highest BCUT2D eigenvalue weighted by Crippen LogP contribution is 2.08. The van der Waals surface area contributed by atoms with E-state index >= 15 is 0 Å². The number of nitrogens with one attached hydrogen (secondary N) is 1. The zero-order valence-electron chi connectivity index (χ0n) is 8.04. The fraction of sp³-hybridized carbons (Fsp3) is 0.125. The zero-order chi connectivity index (χ0) is 11.4. The second-order valence-electron chi connectivity index (χ2n) is 2.87. The third kappa shape index (κ3) is 2.74. The molecule has 0 unspecified atom stereocenters. The molecule has 2 aromatic rings. The van der Waals surface area contributed by atoms with Crippen LogP contribution in [0, 0.1) is 0 Å². The van der Waals surface area contributed by atoms with Crippen LogP contribution >= 0.6 is 11.6 Å². The Hall–Kier alpha value is -2.02. The summed E-state index contributed by atoms with van der Waals surface area (Å²) in [4.78, 5) is 22.7. The van der Waals surface area contributed by atoms with Crippen LogP contribution in [0.15, 0.2) is 25.0 Å². The monoisotopic (exact) mass is 238 g/mol. The van der Waals surface area contributed by atoms with E-state index < -0.39 is 0 Å². The van der Waals surface area contributed by atoms with Gasteiger partial charge in [0.05, 0.1) is 0 Å². The average Bonchev–Trinajstić information content (AvgIpc) is 2.70. The molecule has 7 nitrogen and oxygen atoms in total. The molecule has 0 aliphatic carbocycles. The SMILES string of the molecule is O=C(Cn1cncn1)Nc1cc(Cl)ncn1. The van der Waals surface area contributed by atoms with Gasteiger partial charge in [-0.2, -0.15) is 5.10 Å². The fourth-order valence-electron chi connectivity index (χ4n) is 1.05. The van der Waals surface area contributed by atoms with Crippen molar-refractivity contribution < 1.29 is 4.79 Å². The molecular weight excluding hydrogens is 232 g/mol. The molecule has 0 aromatic carbocycles. The van der Waals surface area contributed by atoms with Crippen molar-refractivity contribution in [2.24, 2.45) is 0 Å². The minimum atomic E-state index is -0.264. The normalized spacial score (nSPS) is 10.1. The molecule has 2 rings (SSSR count). The van der Waals surface area contributed by atoms with Crippen LogP contribution in [0.25, 0.3) is 0 Å². The number of aromatic nitrogens is 5. The van der Waals surface area contributed by atoms with Gasteiger partial charge in [0, 0.05) is 6.07 Å². The zero-order valence-corrected chi connectivity index (χ0v) is 8.79. The molecule has 0 saturated carbocycles. The van der Waals surface area contributed by atoms with Crippen molar-refractivity contribution >= 4 is 23.3 Å². The third-order valence-corrected chi connectivity index (χ3v) is 1.88. The van der Waals surface area contributed by atoms with Crippen LogP contribution in [-0.2, 0) is 11.3 Å². The number of carbonyl (C=O) groups excluding carboxylic acids is 1. The van der Waals surface area contributed by atoms with E-state index in [1.54, 1.807) is 0 Å². The van der Waals surface area contributed by atoms with Crippen LogP contribution in [0.4, 0.5) is 5.82 Å². The molecule has 1 N–H and O–H groups in total. The number of nitrogens with zero attached hydrogens (tertiary/aromatic N) is 5. The Morgan fingerprint density at radius 3 is 3.00 bits per heavy atom. The van der Waals surface area contributed by atoms with Crippen LogP contribution < -0.4 is 5.32 Å². The number of amides is 1. The Labute approximate surface area is 95.5 Å². The van der Waals surface area contributed by atoms with Gasteiger partial charge in [0.1, 0.15) is 36.5 Å². The van der Waals surface area contributed by atoms with Crippen molar-refractivity contribution in [1.82, 2.24) is 24.7 Å². The molecule has 16 heavy (non-hydrogen) atoms. The summed E-state index contributed by atoms with van der Waals surface area (Å²) < 4.78 is 1.40. The minimum absolute atomic E-state index is 0.0711. The molecule has 0 bridgehead atoms. The second-order valence-corrected chi connectivity index (χ2v) is 3.25. The van der Waals surface area contributed by atoms with E-state index in [9.17, 15) is 4.79 Å². The van der Waals surface area contributed by atoms with Crippen molar-refractivity contribution in [2.45, 2.75) is 6.54 Å². The number of rotatable bonds is 3. The Balaban J connectivity index is 1.97. The maximum absolute atomic E-state index is 11.5. The molecule has 0 spiro atoms. The highest BCUT2D eigenvalue weighted by Gasteiger charge is 2.05. The number of halogens is 1. The molecule has 2 heterocycles. The molecule has 1 amide bonds. The summed E-state index contributed by atoms with van der Waals surface area (Å²) in [5, 5.41) is 6.63. The van der Waals surface area contributed by atoms with Crippen LogP contribution in [0.3, 0.4) is 0 Å². The van der Waals surface area contributed by atoms with Gasteiger partial charge in [-0.1, -0.05) is 11.6 Å². The molecular formula is C8H7ClN6O. The van der Waals surface area contributed by atoms with Gasteiger partial charge < -0.3 is 5.32 Å². The van der Waals surface area contributed by atoms with E-state index in [4.69, 9.17) is 11.6 Å². The maximum atomic E-state index is 11.5. The van der Waals surface area contributed by atoms with E-state index in [1.165, 1.54) is 29.7 Å². The van der Waals surface area contributed by atoms with Crippen LogP contribution in [0.5, 0.6) is 0 Å². The van der Waals surface area contributed by atoms with Crippen LogP contribution in [-0.4, -0.2) is 30.6 Å². The molecule has 0 aliphatic rings. The lowest BCUT2D eigenvalue weighted by atomic mass is 10.5. The molecule has 0 fully saturated rings. The summed E-state index contributed by atoms with van der Waals surface area (Å²) in [6.07, 6.45) is 4.08. The third-order valence-electron chi connectivity index (χ3n) is 1.67. The van der Waals surface area contributed by atoms with Gasteiger partial charge in [0.2, 0.25) is 5.91 Å². The van der Waals surface area contributed by atoms with Crippen molar-refractivity contribution in [3.05, 3.63) is 30.2 Å². The van der Waals surface area contributed by atoms with Crippen molar-refractivity contribution in [1.29, 1.82) is 0 Å². The molecule has 0 radical (unpaired) electrons. The highest BCUT2D eigenvalue weighted by atomic mass is 35.5. The standard InChI is InChI=1S/C8H7ClN6O/c9-6-1-7(12-4-11-6)14-8(16)2-15-5-10-3-13-15/h1,3-5H,2H2,(H,11,12,14,16). The predicted octanol–water partition coefficient (Wildman–Crippen LogP) is 0.360. The lowest BCUT2D eigenvalue weighted by molar-refractivity contribution is -0.116. The van der Waals surface area contributed by atoms with Crippen LogP contribution in [0.1, 0.15) is 0 Å². The molecule has 0 aliphatic heterocycles. The first-order valence-electron chi connectivity index (χ1n) is 4.34. The summed E-state index contributed by atoms with van der Waals surface area (Å²) >= 11 is 5.64. The highest BCUT2D eigenvalue weighted by molar-refractivity contribution is 6.29. The first-order chi connectivity index (χ1) is 7.74. The number of hydrogen-bond donors (Lipinski definition) is 1. The van der Waals surface area contributed by atoms with E-state index in [0.717, 1.165) is 0 Å². The quantitative estimate of drug-likeness (QED) is 0.781. The van der Waals surface area contributed by atoms with Gasteiger partial charge in [-0.05, 0) is 0 Å². The molecule has 0 atom stereocenters. The van der Waals surface area contributed by atoms with Crippen molar-refractivity contribution in [3.63, 3.8) is 0 Å². The van der Waals surface area contributed by atoms with Gasteiger partial charge in [-0.15, -0.1) is 0 Å². The smallest absolute Gasteiger partial charge is 0.247 e. The van der Waals surface area contributed by atoms with Gasteiger partial charge >= 0.3 is 0 Å². The molecule has 2 aromatic heterocycles. The van der Waals surface area contributed by atoms with E-state index in [2.05, 4.69) is 25.4 Å². The first-order valence-corrected chi connectivity index (χ1v) is 4.71. The Morgan fingerprint density at radius 2 is 2.31 bits per heavy atom. The number of carbonyl (C=O) groups is 1. The van der Waals surface area contributed by atoms with Crippen molar-refractivity contribution in [3.8, 4) is 0 Å². The maximum Gasteiger partial charge on any atom is 0.247 e. The van der Waals surface area contributed by atoms with E-state index in [-0.39, 0.29) is 17.6 Å². The summed E-state index contributed by atoms with van der Waals surface area (Å²) in [5.41, 5.74) is 0. The minimum Gasteiger partial charge on any atom is -0.309 e. The average molecular weight is 239 g/mol. The summed E-state index contributed by atoms with van der Waals surface area (Å²) in [6.45, 7) is 0.0711. The molecule has 0 saturated heterocycles. The van der Waals surface area contributed by atoms with E-state index in [0.29, 0.717) is 5.82 Å². The summed E-state index contributed by atoms with van der Waals surface area (Å²) in [5.74, 6) is 0.0883. The Bertz CT molecular complexity index is 485. The first kappa shape index (κ1) is 10.5. The lowest BCUT2D eigenvalue weighted by Gasteiger charge is -2.03.